The van der Waals surface area contributed by atoms with E-state index in [0.29, 0.717) is 11.6 Å². The molecule has 0 aliphatic rings. The molecule has 4 heteroatoms. The summed E-state index contributed by atoms with van der Waals surface area (Å²) in [5.41, 5.74) is 1.41. The highest BCUT2D eigenvalue weighted by atomic mass is 15.2. The first-order valence-electron chi connectivity index (χ1n) is 4.22. The van der Waals surface area contributed by atoms with Crippen LogP contribution in [0.2, 0.25) is 0 Å². The first kappa shape index (κ1) is 8.04. The van der Waals surface area contributed by atoms with Crippen LogP contribution >= 0.6 is 0 Å². The van der Waals surface area contributed by atoms with Crippen molar-refractivity contribution in [2.24, 2.45) is 0 Å². The van der Waals surface area contributed by atoms with Crippen molar-refractivity contribution in [3.8, 4) is 0 Å². The van der Waals surface area contributed by atoms with E-state index in [0.717, 1.165) is 11.3 Å². The summed E-state index contributed by atoms with van der Waals surface area (Å²) in [6, 6.07) is 3.74. The fraction of sp³-hybridized carbons (Fsp3) is 0.333. The molecule has 0 aromatic carbocycles. The van der Waals surface area contributed by atoms with Crippen LogP contribution in [0.15, 0.2) is 18.3 Å². The number of hydrogen-bond donors (Lipinski definition) is 0. The van der Waals surface area contributed by atoms with Gasteiger partial charge in [-0.1, -0.05) is 13.8 Å². The predicted octanol–water partition coefficient (Wildman–Crippen LogP) is 1.54. The number of hydrogen-bond acceptors (Lipinski definition) is 4. The highest BCUT2D eigenvalue weighted by Crippen LogP contribution is 2.10. The van der Waals surface area contributed by atoms with E-state index < -0.39 is 0 Å². The van der Waals surface area contributed by atoms with E-state index in [4.69, 9.17) is 0 Å². The monoisotopic (exact) mass is 174 g/mol. The third-order valence-corrected chi connectivity index (χ3v) is 1.76. The SMILES string of the molecule is CC(C)c1nnc2ncccc2n1. The number of nitrogens with zero attached hydrogens (tertiary/aromatic N) is 4. The second-order valence-corrected chi connectivity index (χ2v) is 3.17. The second kappa shape index (κ2) is 3.05. The van der Waals surface area contributed by atoms with Gasteiger partial charge in [0.25, 0.3) is 0 Å². The van der Waals surface area contributed by atoms with Crippen LogP contribution < -0.4 is 0 Å². The maximum Gasteiger partial charge on any atom is 0.200 e. The Balaban J connectivity index is 2.62. The standard InChI is InChI=1S/C9H10N4/c1-6(2)8-11-7-4-3-5-10-9(7)13-12-8/h3-6H,1-2H3. The molecule has 2 aromatic heterocycles. The molecule has 2 heterocycles. The Hall–Kier alpha value is -1.58. The molecule has 2 aromatic rings. The van der Waals surface area contributed by atoms with Crippen molar-refractivity contribution in [2.45, 2.75) is 19.8 Å². The summed E-state index contributed by atoms with van der Waals surface area (Å²) in [5, 5.41) is 7.96. The van der Waals surface area contributed by atoms with Crippen molar-refractivity contribution in [2.75, 3.05) is 0 Å². The summed E-state index contributed by atoms with van der Waals surface area (Å²) in [6.45, 7) is 4.08. The summed E-state index contributed by atoms with van der Waals surface area (Å²) in [5.74, 6) is 1.07. The highest BCUT2D eigenvalue weighted by Gasteiger charge is 2.04. The molecule has 4 nitrogen and oxygen atoms in total. The lowest BCUT2D eigenvalue weighted by atomic mass is 10.2. The van der Waals surface area contributed by atoms with Crippen LogP contribution in [0.3, 0.4) is 0 Å². The lowest BCUT2D eigenvalue weighted by molar-refractivity contribution is 0.748. The molecular formula is C9H10N4. The Morgan fingerprint density at radius 1 is 1.23 bits per heavy atom. The Kier molecular flexibility index (Phi) is 1.88. The lowest BCUT2D eigenvalue weighted by Crippen LogP contribution is -2.00. The third-order valence-electron chi connectivity index (χ3n) is 1.76. The van der Waals surface area contributed by atoms with Gasteiger partial charge >= 0.3 is 0 Å². The van der Waals surface area contributed by atoms with Crippen LogP contribution in [0.5, 0.6) is 0 Å². The molecule has 0 radical (unpaired) electrons. The minimum atomic E-state index is 0.303. The molecule has 0 unspecified atom stereocenters. The summed E-state index contributed by atoms with van der Waals surface area (Å²) in [7, 11) is 0. The molecule has 0 bridgehead atoms. The molecule has 0 saturated heterocycles. The number of rotatable bonds is 1. The fourth-order valence-electron chi connectivity index (χ4n) is 1.04. The van der Waals surface area contributed by atoms with E-state index >= 15 is 0 Å². The van der Waals surface area contributed by atoms with Gasteiger partial charge in [0, 0.05) is 12.1 Å². The van der Waals surface area contributed by atoms with E-state index in [2.05, 4.69) is 20.2 Å². The van der Waals surface area contributed by atoms with Crippen molar-refractivity contribution >= 4 is 11.2 Å². The van der Waals surface area contributed by atoms with Crippen LogP contribution in [-0.4, -0.2) is 20.2 Å². The molecule has 0 amide bonds. The van der Waals surface area contributed by atoms with Crippen molar-refractivity contribution in [1.29, 1.82) is 0 Å². The summed E-state index contributed by atoms with van der Waals surface area (Å²) < 4.78 is 0. The zero-order chi connectivity index (χ0) is 9.26. The summed E-state index contributed by atoms with van der Waals surface area (Å²) in [4.78, 5) is 8.38. The van der Waals surface area contributed by atoms with Gasteiger partial charge < -0.3 is 0 Å². The van der Waals surface area contributed by atoms with E-state index in [1.165, 1.54) is 0 Å². The molecule has 0 atom stereocenters. The van der Waals surface area contributed by atoms with Gasteiger partial charge in [-0.25, -0.2) is 9.97 Å². The zero-order valence-corrected chi connectivity index (χ0v) is 7.60. The van der Waals surface area contributed by atoms with E-state index in [-0.39, 0.29) is 0 Å². The van der Waals surface area contributed by atoms with Gasteiger partial charge in [0.15, 0.2) is 11.5 Å². The first-order valence-corrected chi connectivity index (χ1v) is 4.22. The second-order valence-electron chi connectivity index (χ2n) is 3.17. The van der Waals surface area contributed by atoms with Gasteiger partial charge in [-0.15, -0.1) is 10.2 Å². The van der Waals surface area contributed by atoms with Crippen LogP contribution in [0.4, 0.5) is 0 Å². The maximum atomic E-state index is 4.34. The molecule has 0 saturated carbocycles. The Bertz CT molecular complexity index is 425. The largest absolute Gasteiger partial charge is 0.234 e. The Labute approximate surface area is 76.1 Å². The number of fused-ring (bicyclic) bond motifs is 1. The van der Waals surface area contributed by atoms with E-state index in [1.54, 1.807) is 6.20 Å². The van der Waals surface area contributed by atoms with Crippen LogP contribution in [0.1, 0.15) is 25.6 Å². The minimum absolute atomic E-state index is 0.303. The molecule has 0 fully saturated rings. The van der Waals surface area contributed by atoms with E-state index in [9.17, 15) is 0 Å². The zero-order valence-electron chi connectivity index (χ0n) is 7.60. The van der Waals surface area contributed by atoms with Gasteiger partial charge in [0.2, 0.25) is 0 Å². The smallest absolute Gasteiger partial charge is 0.200 e. The maximum absolute atomic E-state index is 4.34. The third kappa shape index (κ3) is 1.47. The van der Waals surface area contributed by atoms with Gasteiger partial charge in [-0.3, -0.25) is 0 Å². The predicted molar refractivity (Wildman–Crippen MR) is 49.2 cm³/mol. The first-order chi connectivity index (χ1) is 6.27. The molecule has 0 N–H and O–H groups in total. The van der Waals surface area contributed by atoms with Gasteiger partial charge in [0.05, 0.1) is 0 Å². The lowest BCUT2D eigenvalue weighted by Gasteiger charge is -2.01. The van der Waals surface area contributed by atoms with Crippen molar-refractivity contribution < 1.29 is 0 Å². The van der Waals surface area contributed by atoms with Gasteiger partial charge in [0.1, 0.15) is 5.52 Å². The fourth-order valence-corrected chi connectivity index (χ4v) is 1.04. The molecule has 66 valence electrons. The average molecular weight is 174 g/mol. The van der Waals surface area contributed by atoms with Gasteiger partial charge in [-0.2, -0.15) is 0 Å². The van der Waals surface area contributed by atoms with Gasteiger partial charge in [-0.05, 0) is 12.1 Å². The van der Waals surface area contributed by atoms with Crippen molar-refractivity contribution in [1.82, 2.24) is 20.2 Å². The van der Waals surface area contributed by atoms with Crippen LogP contribution in [0, 0.1) is 0 Å². The molecule has 0 spiro atoms. The van der Waals surface area contributed by atoms with Crippen LogP contribution in [-0.2, 0) is 0 Å². The average Bonchev–Trinajstić information content (AvgIpc) is 2.17. The molecule has 0 aliphatic heterocycles. The van der Waals surface area contributed by atoms with Crippen LogP contribution in [0.25, 0.3) is 11.2 Å². The normalized spacial score (nSPS) is 11.0. The molecule has 0 aliphatic carbocycles. The highest BCUT2D eigenvalue weighted by molar-refractivity contribution is 5.67. The van der Waals surface area contributed by atoms with Crippen molar-refractivity contribution in [3.05, 3.63) is 24.2 Å². The molecular weight excluding hydrogens is 164 g/mol. The summed E-state index contributed by atoms with van der Waals surface area (Å²) >= 11 is 0. The molecule has 2 rings (SSSR count). The topological polar surface area (TPSA) is 51.6 Å². The van der Waals surface area contributed by atoms with E-state index in [1.807, 2.05) is 26.0 Å². The number of pyridine rings is 1. The quantitative estimate of drug-likeness (QED) is 0.658. The minimum Gasteiger partial charge on any atom is -0.234 e. The Morgan fingerprint density at radius 3 is 2.85 bits per heavy atom. The van der Waals surface area contributed by atoms with Crippen molar-refractivity contribution in [3.63, 3.8) is 0 Å². The summed E-state index contributed by atoms with van der Waals surface area (Å²) in [6.07, 6.45) is 1.69. The Morgan fingerprint density at radius 2 is 2.08 bits per heavy atom. The molecule has 13 heavy (non-hydrogen) atoms. The number of aromatic nitrogens is 4.